The molecule has 0 saturated heterocycles. The fraction of sp³-hybridized carbons (Fsp3) is 0.333. The molecule has 4 nitrogen and oxygen atoms in total. The number of nitrogens with one attached hydrogen (secondary N) is 1. The molecule has 6 heteroatoms. The Hall–Kier alpha value is -1.92. The number of hydrogen-bond acceptors (Lipinski definition) is 4. The molecule has 2 aromatic carbocycles. The maximum Gasteiger partial charge on any atom is 0.327 e. The van der Waals surface area contributed by atoms with Crippen LogP contribution in [0.1, 0.15) is 16.7 Å². The predicted octanol–water partition coefficient (Wildman–Crippen LogP) is 3.59. The Balaban J connectivity index is 1.88. The summed E-state index contributed by atoms with van der Waals surface area (Å²) in [7, 11) is 0. The zero-order valence-electron chi connectivity index (χ0n) is 15.3. The van der Waals surface area contributed by atoms with Gasteiger partial charge in [-0.25, -0.2) is 4.79 Å². The summed E-state index contributed by atoms with van der Waals surface area (Å²) in [5.74, 6) is -0.252. The second kappa shape index (κ2) is 11.0. The highest BCUT2D eigenvalue weighted by atomic mass is 32.2. The van der Waals surface area contributed by atoms with Crippen molar-refractivity contribution in [2.24, 2.45) is 5.92 Å². The third kappa shape index (κ3) is 7.31. The van der Waals surface area contributed by atoms with E-state index in [-0.39, 0.29) is 11.8 Å². The number of hydrogen-bond donors (Lipinski definition) is 3. The number of carboxylic acids is 1. The molecule has 0 saturated carbocycles. The van der Waals surface area contributed by atoms with Crippen LogP contribution in [0.15, 0.2) is 54.6 Å². The molecule has 0 unspecified atom stereocenters. The van der Waals surface area contributed by atoms with E-state index in [2.05, 4.69) is 17.9 Å². The summed E-state index contributed by atoms with van der Waals surface area (Å²) >= 11 is 5.77. The van der Waals surface area contributed by atoms with E-state index in [1.54, 1.807) is 0 Å². The SMILES string of the molecule is Cc1ccc(CSC[C@H](NC(=O)[C@@H](CS)Cc2ccccc2)C(=O)O)cc1. The standard InChI is InChI=1S/C21H25NO3S2/c1-15-7-9-17(10-8-15)13-27-14-19(21(24)25)22-20(23)18(12-26)11-16-5-3-2-4-6-16/h2-10,18-19,26H,11-14H2,1H3,(H,22,23)(H,24,25)/t18-,19+/m1/s1. The molecule has 2 N–H and O–H groups in total. The molecule has 0 aromatic heterocycles. The molecule has 144 valence electrons. The van der Waals surface area contributed by atoms with Gasteiger partial charge >= 0.3 is 5.97 Å². The minimum absolute atomic E-state index is 0.266. The second-order valence-corrected chi connectivity index (χ2v) is 7.86. The Kier molecular flexibility index (Phi) is 8.75. The van der Waals surface area contributed by atoms with Gasteiger partial charge in [0.25, 0.3) is 0 Å². The van der Waals surface area contributed by atoms with Crippen LogP contribution in [0.3, 0.4) is 0 Å². The van der Waals surface area contributed by atoms with Crippen molar-refractivity contribution in [3.8, 4) is 0 Å². The minimum atomic E-state index is -1.02. The lowest BCUT2D eigenvalue weighted by molar-refractivity contribution is -0.141. The Morgan fingerprint density at radius 1 is 1.07 bits per heavy atom. The van der Waals surface area contributed by atoms with Gasteiger partial charge < -0.3 is 10.4 Å². The van der Waals surface area contributed by atoms with Gasteiger partial charge in [-0.05, 0) is 24.5 Å². The summed E-state index contributed by atoms with van der Waals surface area (Å²) in [6.07, 6.45) is 0.541. The lowest BCUT2D eigenvalue weighted by Crippen LogP contribution is -2.46. The highest BCUT2D eigenvalue weighted by molar-refractivity contribution is 7.98. The normalized spacial score (nSPS) is 13.0. The van der Waals surface area contributed by atoms with Crippen LogP contribution in [-0.2, 0) is 21.8 Å². The molecule has 0 aliphatic carbocycles. The van der Waals surface area contributed by atoms with Crippen LogP contribution in [0.25, 0.3) is 0 Å². The van der Waals surface area contributed by atoms with E-state index in [0.717, 1.165) is 11.1 Å². The van der Waals surface area contributed by atoms with Crippen molar-refractivity contribution >= 4 is 36.3 Å². The molecular weight excluding hydrogens is 378 g/mol. The molecule has 27 heavy (non-hydrogen) atoms. The van der Waals surface area contributed by atoms with Gasteiger partial charge in [0, 0.05) is 17.3 Å². The molecule has 2 atom stereocenters. The number of thiol groups is 1. The quantitative estimate of drug-likeness (QED) is 0.531. The number of carboxylic acid groups (broad SMARTS) is 1. The number of carbonyl (C=O) groups excluding carboxylic acids is 1. The molecule has 0 fully saturated rings. The van der Waals surface area contributed by atoms with Gasteiger partial charge in [0.2, 0.25) is 5.91 Å². The summed E-state index contributed by atoms with van der Waals surface area (Å²) in [6, 6.07) is 16.9. The molecular formula is C21H25NO3S2. The smallest absolute Gasteiger partial charge is 0.327 e. The number of aryl methyl sites for hydroxylation is 1. The van der Waals surface area contributed by atoms with Gasteiger partial charge in [-0.15, -0.1) is 0 Å². The van der Waals surface area contributed by atoms with Crippen LogP contribution in [-0.4, -0.2) is 34.5 Å². The van der Waals surface area contributed by atoms with Crippen molar-refractivity contribution in [1.82, 2.24) is 5.32 Å². The van der Waals surface area contributed by atoms with Gasteiger partial charge in [0.15, 0.2) is 0 Å². The molecule has 0 aliphatic heterocycles. The van der Waals surface area contributed by atoms with Gasteiger partial charge in [-0.3, -0.25) is 4.79 Å². The van der Waals surface area contributed by atoms with Crippen LogP contribution < -0.4 is 5.32 Å². The summed E-state index contributed by atoms with van der Waals surface area (Å²) in [6.45, 7) is 2.03. The van der Waals surface area contributed by atoms with Crippen LogP contribution in [0, 0.1) is 12.8 Å². The fourth-order valence-electron chi connectivity index (χ4n) is 2.58. The van der Waals surface area contributed by atoms with E-state index in [0.29, 0.717) is 23.7 Å². The van der Waals surface area contributed by atoms with Crippen LogP contribution in [0.4, 0.5) is 0 Å². The zero-order chi connectivity index (χ0) is 19.6. The maximum absolute atomic E-state index is 12.5. The number of thioether (sulfide) groups is 1. The van der Waals surface area contributed by atoms with Crippen molar-refractivity contribution in [1.29, 1.82) is 0 Å². The summed E-state index contributed by atoms with van der Waals surface area (Å²) in [5.41, 5.74) is 3.36. The van der Waals surface area contributed by atoms with E-state index in [4.69, 9.17) is 0 Å². The van der Waals surface area contributed by atoms with Gasteiger partial charge in [0.05, 0.1) is 5.92 Å². The van der Waals surface area contributed by atoms with Crippen molar-refractivity contribution in [2.75, 3.05) is 11.5 Å². The number of benzene rings is 2. The Bertz CT molecular complexity index is 735. The van der Waals surface area contributed by atoms with Crippen LogP contribution in [0.2, 0.25) is 0 Å². The van der Waals surface area contributed by atoms with Gasteiger partial charge in [-0.2, -0.15) is 24.4 Å². The largest absolute Gasteiger partial charge is 0.480 e. The number of rotatable bonds is 10. The predicted molar refractivity (Wildman–Crippen MR) is 114 cm³/mol. The first-order valence-electron chi connectivity index (χ1n) is 8.81. The average molecular weight is 404 g/mol. The molecule has 1 amide bonds. The molecule has 2 rings (SSSR count). The Labute approximate surface area is 170 Å². The summed E-state index contributed by atoms with van der Waals surface area (Å²) in [5, 5.41) is 12.1. The lowest BCUT2D eigenvalue weighted by Gasteiger charge is -2.19. The third-order valence-electron chi connectivity index (χ3n) is 4.20. The molecule has 0 spiro atoms. The molecule has 0 aliphatic rings. The van der Waals surface area contributed by atoms with Crippen molar-refractivity contribution in [3.05, 3.63) is 71.3 Å². The minimum Gasteiger partial charge on any atom is -0.480 e. The van der Waals surface area contributed by atoms with E-state index >= 15 is 0 Å². The first-order valence-corrected chi connectivity index (χ1v) is 10.6. The molecule has 0 heterocycles. The van der Waals surface area contributed by atoms with Gasteiger partial charge in [0.1, 0.15) is 6.04 Å². The van der Waals surface area contributed by atoms with Crippen molar-refractivity contribution < 1.29 is 14.7 Å². The summed E-state index contributed by atoms with van der Waals surface area (Å²) in [4.78, 5) is 24.1. The summed E-state index contributed by atoms with van der Waals surface area (Å²) < 4.78 is 0. The fourth-order valence-corrected chi connectivity index (χ4v) is 3.88. The highest BCUT2D eigenvalue weighted by Gasteiger charge is 2.24. The zero-order valence-corrected chi connectivity index (χ0v) is 17.0. The number of amides is 1. The number of aliphatic carboxylic acids is 1. The average Bonchev–Trinajstić information content (AvgIpc) is 2.67. The Morgan fingerprint density at radius 3 is 2.33 bits per heavy atom. The van der Waals surface area contributed by atoms with Crippen LogP contribution >= 0.6 is 24.4 Å². The topological polar surface area (TPSA) is 66.4 Å². The van der Waals surface area contributed by atoms with Gasteiger partial charge in [-0.1, -0.05) is 60.2 Å². The first-order chi connectivity index (χ1) is 13.0. The Morgan fingerprint density at radius 2 is 1.74 bits per heavy atom. The number of carbonyl (C=O) groups is 2. The molecule has 2 aromatic rings. The molecule has 0 bridgehead atoms. The van der Waals surface area contributed by atoms with E-state index in [1.807, 2.05) is 61.5 Å². The van der Waals surface area contributed by atoms with Crippen molar-refractivity contribution in [2.45, 2.75) is 25.1 Å². The van der Waals surface area contributed by atoms with E-state index in [9.17, 15) is 14.7 Å². The van der Waals surface area contributed by atoms with E-state index in [1.165, 1.54) is 17.3 Å². The van der Waals surface area contributed by atoms with Crippen molar-refractivity contribution in [3.63, 3.8) is 0 Å². The molecule has 0 radical (unpaired) electrons. The third-order valence-corrected chi connectivity index (χ3v) is 5.75. The first kappa shape index (κ1) is 21.4. The maximum atomic E-state index is 12.5. The van der Waals surface area contributed by atoms with Crippen LogP contribution in [0.5, 0.6) is 0 Å². The monoisotopic (exact) mass is 403 g/mol. The lowest BCUT2D eigenvalue weighted by atomic mass is 10.00. The highest BCUT2D eigenvalue weighted by Crippen LogP contribution is 2.15. The van der Waals surface area contributed by atoms with E-state index < -0.39 is 12.0 Å². The second-order valence-electron chi connectivity index (χ2n) is 6.47.